The lowest BCUT2D eigenvalue weighted by Gasteiger charge is -2.35. The topological polar surface area (TPSA) is 76.7 Å². The van der Waals surface area contributed by atoms with E-state index in [0.29, 0.717) is 5.75 Å². The predicted octanol–water partition coefficient (Wildman–Crippen LogP) is -0.347. The highest BCUT2D eigenvalue weighted by Crippen LogP contribution is 2.09. The first kappa shape index (κ1) is 12.4. The van der Waals surface area contributed by atoms with Gasteiger partial charge in [0, 0.05) is 7.11 Å². The number of hydrogen-bond donors (Lipinski definition) is 2. The lowest BCUT2D eigenvalue weighted by Crippen LogP contribution is -2.70. The van der Waals surface area contributed by atoms with Gasteiger partial charge in [-0.1, -0.05) is 18.2 Å². The molecule has 0 spiro atoms. The fourth-order valence-electron chi connectivity index (χ4n) is 1.57. The lowest BCUT2D eigenvalue weighted by molar-refractivity contribution is -0.148. The smallest absolute Gasteiger partial charge is 0.258 e. The molecule has 0 radical (unpaired) electrons. The van der Waals surface area contributed by atoms with Crippen molar-refractivity contribution in [3.05, 3.63) is 30.3 Å². The summed E-state index contributed by atoms with van der Waals surface area (Å²) in [5, 5.41) is 5.04. The van der Waals surface area contributed by atoms with E-state index in [1.54, 1.807) is 12.1 Å². The van der Waals surface area contributed by atoms with Crippen LogP contribution < -0.4 is 15.4 Å². The Hall–Kier alpha value is -2.08. The Bertz CT molecular complexity index is 435. The van der Waals surface area contributed by atoms with Crippen molar-refractivity contribution in [3.8, 4) is 5.75 Å². The van der Waals surface area contributed by atoms with E-state index in [4.69, 9.17) is 9.47 Å². The summed E-state index contributed by atoms with van der Waals surface area (Å²) in [6.45, 7) is -0.135. The Morgan fingerprint density at radius 1 is 1.39 bits per heavy atom. The Labute approximate surface area is 104 Å². The normalized spacial score (nSPS) is 21.7. The average molecular weight is 250 g/mol. The molecule has 1 aromatic carbocycles. The third-order valence-corrected chi connectivity index (χ3v) is 2.55. The molecule has 0 aromatic heterocycles. The molecule has 0 aliphatic carbocycles. The van der Waals surface area contributed by atoms with Crippen molar-refractivity contribution < 1.29 is 19.1 Å². The van der Waals surface area contributed by atoms with Gasteiger partial charge in [0.1, 0.15) is 5.75 Å². The second kappa shape index (κ2) is 5.50. The van der Waals surface area contributed by atoms with E-state index < -0.39 is 12.3 Å². The summed E-state index contributed by atoms with van der Waals surface area (Å²) in [6.07, 6.45) is -0.460. The fraction of sp³-hybridized carbons (Fsp3) is 0.333. The molecule has 0 saturated carbocycles. The number of nitrogens with one attached hydrogen (secondary N) is 2. The highest BCUT2D eigenvalue weighted by molar-refractivity contribution is 5.93. The van der Waals surface area contributed by atoms with Crippen molar-refractivity contribution in [2.24, 2.45) is 0 Å². The van der Waals surface area contributed by atoms with Crippen LogP contribution in [0.2, 0.25) is 0 Å². The van der Waals surface area contributed by atoms with Crippen LogP contribution in [0.15, 0.2) is 30.3 Å². The highest BCUT2D eigenvalue weighted by atomic mass is 16.5. The van der Waals surface area contributed by atoms with E-state index in [1.165, 1.54) is 7.11 Å². The van der Waals surface area contributed by atoms with Gasteiger partial charge in [-0.2, -0.15) is 0 Å². The van der Waals surface area contributed by atoms with Gasteiger partial charge < -0.3 is 20.1 Å². The maximum atomic E-state index is 11.6. The number of ether oxygens (including phenoxy) is 2. The standard InChI is InChI=1S/C12H14N2O4/c1-17-12-10(11(16)14-12)13-9(15)7-18-8-5-3-2-4-6-8/h2-6,10,12H,7H2,1H3,(H,13,15)(H,14,16)/t10-,12-/m1/s1. The molecule has 96 valence electrons. The van der Waals surface area contributed by atoms with Crippen molar-refractivity contribution in [3.63, 3.8) is 0 Å². The molecule has 1 aliphatic heterocycles. The molecular weight excluding hydrogens is 236 g/mol. The van der Waals surface area contributed by atoms with E-state index in [1.807, 2.05) is 18.2 Å². The van der Waals surface area contributed by atoms with Crippen LogP contribution in [0.4, 0.5) is 0 Å². The minimum absolute atomic E-state index is 0.135. The number of carbonyl (C=O) groups excluding carboxylic acids is 2. The first-order chi connectivity index (χ1) is 8.70. The summed E-state index contributed by atoms with van der Waals surface area (Å²) < 4.78 is 10.2. The molecule has 1 fully saturated rings. The Kier molecular flexibility index (Phi) is 3.78. The molecule has 1 aliphatic rings. The molecule has 1 saturated heterocycles. The molecule has 18 heavy (non-hydrogen) atoms. The summed E-state index contributed by atoms with van der Waals surface area (Å²) >= 11 is 0. The van der Waals surface area contributed by atoms with E-state index in [0.717, 1.165) is 0 Å². The molecule has 2 amide bonds. The van der Waals surface area contributed by atoms with Gasteiger partial charge in [0.2, 0.25) is 5.91 Å². The molecule has 6 nitrogen and oxygen atoms in total. The van der Waals surface area contributed by atoms with Gasteiger partial charge in [0.05, 0.1) is 0 Å². The summed E-state index contributed by atoms with van der Waals surface area (Å²) in [7, 11) is 1.46. The van der Waals surface area contributed by atoms with Crippen LogP contribution in [0.5, 0.6) is 5.75 Å². The molecule has 2 atom stereocenters. The predicted molar refractivity (Wildman–Crippen MR) is 62.8 cm³/mol. The number of rotatable bonds is 5. The van der Waals surface area contributed by atoms with Crippen molar-refractivity contribution >= 4 is 11.8 Å². The quantitative estimate of drug-likeness (QED) is 0.700. The average Bonchev–Trinajstić information content (AvgIpc) is 2.41. The number of carbonyl (C=O) groups is 2. The number of β-lactam (4-membered cyclic amide) rings is 1. The van der Waals surface area contributed by atoms with Gasteiger partial charge in [-0.05, 0) is 12.1 Å². The first-order valence-corrected chi connectivity index (χ1v) is 5.51. The van der Waals surface area contributed by atoms with E-state index >= 15 is 0 Å². The molecule has 2 rings (SSSR count). The number of amides is 2. The van der Waals surface area contributed by atoms with E-state index in [-0.39, 0.29) is 18.4 Å². The van der Waals surface area contributed by atoms with E-state index in [9.17, 15) is 9.59 Å². The van der Waals surface area contributed by atoms with Gasteiger partial charge in [-0.15, -0.1) is 0 Å². The van der Waals surface area contributed by atoms with Crippen LogP contribution in [0, 0.1) is 0 Å². The molecule has 6 heteroatoms. The van der Waals surface area contributed by atoms with Crippen molar-refractivity contribution in [2.45, 2.75) is 12.3 Å². The maximum absolute atomic E-state index is 11.6. The Morgan fingerprint density at radius 3 is 2.72 bits per heavy atom. The van der Waals surface area contributed by atoms with Crippen LogP contribution in [-0.4, -0.2) is 37.8 Å². The van der Waals surface area contributed by atoms with E-state index in [2.05, 4.69) is 10.6 Å². The Morgan fingerprint density at radius 2 is 2.11 bits per heavy atom. The molecule has 1 heterocycles. The highest BCUT2D eigenvalue weighted by Gasteiger charge is 2.40. The zero-order chi connectivity index (χ0) is 13.0. The molecule has 0 unspecified atom stereocenters. The van der Waals surface area contributed by atoms with Gasteiger partial charge in [0.15, 0.2) is 18.9 Å². The molecule has 2 N–H and O–H groups in total. The van der Waals surface area contributed by atoms with Gasteiger partial charge >= 0.3 is 0 Å². The number of para-hydroxylation sites is 1. The summed E-state index contributed by atoms with van der Waals surface area (Å²) in [4.78, 5) is 22.7. The summed E-state index contributed by atoms with van der Waals surface area (Å²) in [5.74, 6) is -0.00957. The SMILES string of the molecule is CO[C@H]1NC(=O)[C@H]1NC(=O)COc1ccccc1. The zero-order valence-electron chi connectivity index (χ0n) is 9.88. The fourth-order valence-corrected chi connectivity index (χ4v) is 1.57. The number of hydrogen-bond acceptors (Lipinski definition) is 4. The third-order valence-electron chi connectivity index (χ3n) is 2.55. The van der Waals surface area contributed by atoms with Crippen molar-refractivity contribution in [1.82, 2.24) is 10.6 Å². The van der Waals surface area contributed by atoms with Crippen LogP contribution in [0.25, 0.3) is 0 Å². The lowest BCUT2D eigenvalue weighted by atomic mass is 10.1. The first-order valence-electron chi connectivity index (χ1n) is 5.51. The summed E-state index contributed by atoms with van der Waals surface area (Å²) in [5.41, 5.74) is 0. The second-order valence-corrected chi connectivity index (χ2v) is 3.81. The summed E-state index contributed by atoms with van der Waals surface area (Å²) in [6, 6.07) is 8.35. The number of methoxy groups -OCH3 is 1. The van der Waals surface area contributed by atoms with Crippen LogP contribution >= 0.6 is 0 Å². The largest absolute Gasteiger partial charge is 0.484 e. The molecular formula is C12H14N2O4. The monoisotopic (exact) mass is 250 g/mol. The number of benzene rings is 1. The van der Waals surface area contributed by atoms with Crippen molar-refractivity contribution in [1.29, 1.82) is 0 Å². The zero-order valence-corrected chi connectivity index (χ0v) is 9.88. The minimum Gasteiger partial charge on any atom is -0.484 e. The molecule has 0 bridgehead atoms. The van der Waals surface area contributed by atoms with Gasteiger partial charge in [0.25, 0.3) is 5.91 Å². The Balaban J connectivity index is 1.77. The molecule has 1 aromatic rings. The van der Waals surface area contributed by atoms with Crippen LogP contribution in [-0.2, 0) is 14.3 Å². The van der Waals surface area contributed by atoms with Gasteiger partial charge in [-0.3, -0.25) is 9.59 Å². The third kappa shape index (κ3) is 2.78. The van der Waals surface area contributed by atoms with Crippen molar-refractivity contribution in [2.75, 3.05) is 13.7 Å². The van der Waals surface area contributed by atoms with Crippen LogP contribution in [0.3, 0.4) is 0 Å². The second-order valence-electron chi connectivity index (χ2n) is 3.81. The minimum atomic E-state index is -0.637. The maximum Gasteiger partial charge on any atom is 0.258 e. The van der Waals surface area contributed by atoms with Crippen LogP contribution in [0.1, 0.15) is 0 Å². The van der Waals surface area contributed by atoms with Gasteiger partial charge in [-0.25, -0.2) is 0 Å².